The predicted molar refractivity (Wildman–Crippen MR) is 83.8 cm³/mol. The molecule has 0 amide bonds. The maximum atomic E-state index is 11.1. The molecule has 0 unspecified atom stereocenters. The number of benzene rings is 1. The van der Waals surface area contributed by atoms with Crippen LogP contribution in [0.4, 0.5) is 11.4 Å². The number of nitrogens with zero attached hydrogens (tertiary/aromatic N) is 1. The summed E-state index contributed by atoms with van der Waals surface area (Å²) in [4.78, 5) is 10.7. The first-order valence-electron chi connectivity index (χ1n) is 7.29. The van der Waals surface area contributed by atoms with Crippen molar-refractivity contribution in [1.29, 1.82) is 0 Å². The van der Waals surface area contributed by atoms with Gasteiger partial charge in [-0.15, -0.1) is 0 Å². The molecule has 1 aliphatic carbocycles. The minimum atomic E-state index is -0.410. The molecule has 0 spiro atoms. The second-order valence-corrected chi connectivity index (χ2v) is 7.13. The molecule has 1 aromatic carbocycles. The number of rotatable bonds is 5. The molecule has 116 valence electrons. The molecule has 1 saturated carbocycles. The molecule has 1 aromatic rings. The summed E-state index contributed by atoms with van der Waals surface area (Å²) < 4.78 is 5.57. The quantitative estimate of drug-likeness (QED) is 0.651. The molecule has 0 aliphatic heterocycles. The van der Waals surface area contributed by atoms with Crippen molar-refractivity contribution in [2.24, 2.45) is 10.8 Å². The highest BCUT2D eigenvalue weighted by molar-refractivity contribution is 5.59. The van der Waals surface area contributed by atoms with Gasteiger partial charge in [-0.25, -0.2) is 0 Å². The van der Waals surface area contributed by atoms with Crippen LogP contribution in [0.25, 0.3) is 0 Å². The van der Waals surface area contributed by atoms with Gasteiger partial charge in [0.05, 0.1) is 11.0 Å². The monoisotopic (exact) mass is 292 g/mol. The maximum Gasteiger partial charge on any atom is 0.311 e. The standard InChI is InChI=1S/C16H24N2O3/c1-10(2)21-13-9-11(7-8-12(13)18(19)20)17-14-15(3,4)16(14,5)6/h7-10,14,17H,1-6H3. The first-order chi connectivity index (χ1) is 9.57. The highest BCUT2D eigenvalue weighted by atomic mass is 16.6. The van der Waals surface area contributed by atoms with Crippen molar-refractivity contribution >= 4 is 11.4 Å². The number of anilines is 1. The van der Waals surface area contributed by atoms with Gasteiger partial charge >= 0.3 is 5.69 Å². The third-order valence-electron chi connectivity index (χ3n) is 4.85. The summed E-state index contributed by atoms with van der Waals surface area (Å²) in [6.07, 6.45) is -0.104. The molecule has 0 atom stereocenters. The largest absolute Gasteiger partial charge is 0.484 e. The third-order valence-corrected chi connectivity index (χ3v) is 4.85. The van der Waals surface area contributed by atoms with E-state index in [4.69, 9.17) is 4.74 Å². The van der Waals surface area contributed by atoms with Crippen LogP contribution in [0.15, 0.2) is 18.2 Å². The third kappa shape index (κ3) is 2.69. The average Bonchev–Trinajstić information content (AvgIpc) is 2.71. The lowest BCUT2D eigenvalue weighted by Gasteiger charge is -2.13. The highest BCUT2D eigenvalue weighted by Gasteiger charge is 2.64. The molecule has 1 N–H and O–H groups in total. The van der Waals surface area contributed by atoms with E-state index in [1.54, 1.807) is 12.1 Å². The predicted octanol–water partition coefficient (Wildman–Crippen LogP) is 4.23. The van der Waals surface area contributed by atoms with Crippen LogP contribution < -0.4 is 10.1 Å². The molecule has 21 heavy (non-hydrogen) atoms. The van der Waals surface area contributed by atoms with Gasteiger partial charge in [0.2, 0.25) is 0 Å². The fraction of sp³-hybridized carbons (Fsp3) is 0.625. The minimum Gasteiger partial charge on any atom is -0.484 e. The normalized spacial score (nSPS) is 19.4. The van der Waals surface area contributed by atoms with Crippen molar-refractivity contribution < 1.29 is 9.66 Å². The Balaban J connectivity index is 2.25. The van der Waals surface area contributed by atoms with Gasteiger partial charge in [0.25, 0.3) is 0 Å². The van der Waals surface area contributed by atoms with E-state index in [0.29, 0.717) is 11.8 Å². The Morgan fingerprint density at radius 3 is 2.24 bits per heavy atom. The number of hydrogen-bond acceptors (Lipinski definition) is 4. The fourth-order valence-corrected chi connectivity index (χ4v) is 2.83. The van der Waals surface area contributed by atoms with Gasteiger partial charge in [-0.1, -0.05) is 27.7 Å². The SMILES string of the molecule is CC(C)Oc1cc(NC2C(C)(C)C2(C)C)ccc1[N+](=O)[O-]. The molecule has 0 radical (unpaired) electrons. The summed E-state index contributed by atoms with van der Waals surface area (Å²) in [5.74, 6) is 0.316. The molecular formula is C16H24N2O3. The summed E-state index contributed by atoms with van der Waals surface area (Å²) in [6.45, 7) is 12.6. The Labute approximate surface area is 125 Å². The van der Waals surface area contributed by atoms with Gasteiger partial charge in [-0.3, -0.25) is 10.1 Å². The van der Waals surface area contributed by atoms with Crippen LogP contribution in [0, 0.1) is 20.9 Å². The van der Waals surface area contributed by atoms with Crippen LogP contribution in [0.2, 0.25) is 0 Å². The fourth-order valence-electron chi connectivity index (χ4n) is 2.83. The topological polar surface area (TPSA) is 64.4 Å². The lowest BCUT2D eigenvalue weighted by Crippen LogP contribution is -2.11. The van der Waals surface area contributed by atoms with Crippen LogP contribution in [0.3, 0.4) is 0 Å². The van der Waals surface area contributed by atoms with Gasteiger partial charge in [0.15, 0.2) is 5.75 Å². The Hall–Kier alpha value is -1.78. The molecule has 0 aromatic heterocycles. The first-order valence-corrected chi connectivity index (χ1v) is 7.29. The number of nitro groups is 1. The molecule has 0 heterocycles. The van der Waals surface area contributed by atoms with E-state index in [2.05, 4.69) is 33.0 Å². The molecule has 1 aliphatic rings. The van der Waals surface area contributed by atoms with Crippen molar-refractivity contribution in [2.45, 2.75) is 53.7 Å². The van der Waals surface area contributed by atoms with Gasteiger partial charge < -0.3 is 10.1 Å². The van der Waals surface area contributed by atoms with Gasteiger partial charge in [-0.2, -0.15) is 0 Å². The number of nitrogens with one attached hydrogen (secondary N) is 1. The smallest absolute Gasteiger partial charge is 0.311 e. The van der Waals surface area contributed by atoms with E-state index < -0.39 is 4.92 Å². The molecule has 5 heteroatoms. The van der Waals surface area contributed by atoms with E-state index in [1.807, 2.05) is 13.8 Å². The van der Waals surface area contributed by atoms with Gasteiger partial charge in [0, 0.05) is 23.9 Å². The van der Waals surface area contributed by atoms with Gasteiger partial charge in [0.1, 0.15) is 0 Å². The summed E-state index contributed by atoms with van der Waals surface area (Å²) in [5.41, 5.74) is 1.27. The average molecular weight is 292 g/mol. The zero-order chi connectivity index (χ0) is 16.0. The summed E-state index contributed by atoms with van der Waals surface area (Å²) in [6, 6.07) is 5.32. The molecule has 5 nitrogen and oxygen atoms in total. The summed E-state index contributed by atoms with van der Waals surface area (Å²) in [5, 5.41) is 14.5. The second-order valence-electron chi connectivity index (χ2n) is 7.13. The minimum absolute atomic E-state index is 0.00330. The van der Waals surface area contributed by atoms with Crippen LogP contribution in [-0.2, 0) is 0 Å². The summed E-state index contributed by atoms with van der Waals surface area (Å²) >= 11 is 0. The highest BCUT2D eigenvalue weighted by Crippen LogP contribution is 2.63. The van der Waals surface area contributed by atoms with Crippen molar-refractivity contribution in [1.82, 2.24) is 0 Å². The number of nitro benzene ring substituents is 1. The van der Waals surface area contributed by atoms with Crippen LogP contribution in [0.5, 0.6) is 5.75 Å². The van der Waals surface area contributed by atoms with E-state index in [-0.39, 0.29) is 22.6 Å². The molecular weight excluding hydrogens is 268 g/mol. The van der Waals surface area contributed by atoms with E-state index in [9.17, 15) is 10.1 Å². The number of ether oxygens (including phenoxy) is 1. The zero-order valence-electron chi connectivity index (χ0n) is 13.6. The van der Waals surface area contributed by atoms with Crippen molar-refractivity contribution in [2.75, 3.05) is 5.32 Å². The lowest BCUT2D eigenvalue weighted by atomic mass is 10.0. The van der Waals surface area contributed by atoms with Crippen LogP contribution in [0.1, 0.15) is 41.5 Å². The van der Waals surface area contributed by atoms with Gasteiger partial charge in [-0.05, 0) is 30.7 Å². The molecule has 1 fully saturated rings. The Morgan fingerprint density at radius 2 is 1.81 bits per heavy atom. The molecule has 2 rings (SSSR count). The van der Waals surface area contributed by atoms with E-state index in [1.165, 1.54) is 6.07 Å². The maximum absolute atomic E-state index is 11.1. The lowest BCUT2D eigenvalue weighted by molar-refractivity contribution is -0.386. The van der Waals surface area contributed by atoms with Crippen LogP contribution >= 0.6 is 0 Å². The number of hydrogen-bond donors (Lipinski definition) is 1. The second kappa shape index (κ2) is 4.90. The zero-order valence-corrected chi connectivity index (χ0v) is 13.6. The van der Waals surface area contributed by atoms with E-state index in [0.717, 1.165) is 5.69 Å². The Bertz CT molecular complexity index is 551. The van der Waals surface area contributed by atoms with Crippen LogP contribution in [-0.4, -0.2) is 17.1 Å². The molecule has 0 saturated heterocycles. The molecule has 0 bridgehead atoms. The Morgan fingerprint density at radius 1 is 1.24 bits per heavy atom. The van der Waals surface area contributed by atoms with Crippen molar-refractivity contribution in [3.63, 3.8) is 0 Å². The van der Waals surface area contributed by atoms with Crippen molar-refractivity contribution in [3.8, 4) is 5.75 Å². The van der Waals surface area contributed by atoms with E-state index >= 15 is 0 Å². The summed E-state index contributed by atoms with van der Waals surface area (Å²) in [7, 11) is 0. The Kier molecular flexibility index (Phi) is 3.64. The van der Waals surface area contributed by atoms with Crippen molar-refractivity contribution in [3.05, 3.63) is 28.3 Å². The first kappa shape index (κ1) is 15.6.